The van der Waals surface area contributed by atoms with Crippen molar-refractivity contribution in [3.05, 3.63) is 44.8 Å². The van der Waals surface area contributed by atoms with E-state index in [0.717, 1.165) is 12.0 Å². The number of rotatable bonds is 3. The maximum Gasteiger partial charge on any atom is 0.263 e. The third-order valence-corrected chi connectivity index (χ3v) is 4.93. The van der Waals surface area contributed by atoms with Crippen molar-refractivity contribution in [3.8, 4) is 11.8 Å². The number of benzene rings is 1. The van der Waals surface area contributed by atoms with Gasteiger partial charge in [-0.2, -0.15) is 14.0 Å². The number of thiophene rings is 1. The van der Waals surface area contributed by atoms with Gasteiger partial charge in [-0.1, -0.05) is 0 Å². The number of amides is 1. The van der Waals surface area contributed by atoms with E-state index >= 15 is 0 Å². The summed E-state index contributed by atoms with van der Waals surface area (Å²) < 4.78 is 59.6. The molecule has 0 unspecified atom stereocenters. The number of methoxy groups -OCH3 is 1. The molecule has 1 heterocycles. The van der Waals surface area contributed by atoms with E-state index in [1.807, 2.05) is 11.4 Å². The van der Waals surface area contributed by atoms with E-state index in [9.17, 15) is 22.4 Å². The first-order valence-electron chi connectivity index (χ1n) is 7.16. The van der Waals surface area contributed by atoms with E-state index in [2.05, 4.69) is 10.1 Å². The lowest BCUT2D eigenvalue weighted by molar-refractivity contribution is 0.0966. The highest BCUT2D eigenvalue weighted by Crippen LogP contribution is 2.32. The van der Waals surface area contributed by atoms with Gasteiger partial charge in [-0.15, -0.1) is 11.3 Å². The number of carbonyl (C=O) groups is 1. The molecule has 11 heteroatoms. The fourth-order valence-corrected chi connectivity index (χ4v) is 3.41. The van der Waals surface area contributed by atoms with E-state index in [-0.39, 0.29) is 5.56 Å². The van der Waals surface area contributed by atoms with Gasteiger partial charge in [0.2, 0.25) is 11.6 Å². The van der Waals surface area contributed by atoms with Crippen molar-refractivity contribution in [3.63, 3.8) is 0 Å². The number of hydrogen-bond acceptors (Lipinski definition) is 5. The summed E-state index contributed by atoms with van der Waals surface area (Å²) in [6, 6.07) is 1.96. The van der Waals surface area contributed by atoms with Gasteiger partial charge in [0, 0.05) is 4.88 Å². The fraction of sp³-hybridized carbons (Fsp3) is 0.188. The van der Waals surface area contributed by atoms with Crippen LogP contribution >= 0.6 is 23.6 Å². The number of halogens is 4. The number of carbonyl (C=O) groups excluding carboxylic acids is 1. The molecule has 0 atom stereocenters. The number of aryl methyl sites for hydroxylation is 1. The van der Waals surface area contributed by atoms with Gasteiger partial charge >= 0.3 is 0 Å². The van der Waals surface area contributed by atoms with Crippen LogP contribution in [0.4, 0.5) is 22.6 Å². The Morgan fingerprint density at radius 2 is 1.70 bits per heavy atom. The number of nitrogens with zero attached hydrogens (tertiary/aromatic N) is 1. The van der Waals surface area contributed by atoms with E-state index in [1.165, 1.54) is 11.3 Å². The summed E-state index contributed by atoms with van der Waals surface area (Å²) in [5.74, 6) is -10.3. The molecule has 2 aromatic rings. The highest BCUT2D eigenvalue weighted by atomic mass is 32.1. The standard InChI is InChI=1S/C16H11F4N3O2S2/c1-5-6(2)27-15(7(5)4-21)23-16(26)22-14(24)8-9(17)11(19)13(25-3)12(20)10(8)18/h1-3H3,(H2,22,23,24,26). The first-order valence-corrected chi connectivity index (χ1v) is 8.38. The minimum Gasteiger partial charge on any atom is -0.491 e. The summed E-state index contributed by atoms with van der Waals surface area (Å²) in [7, 11) is 0.816. The van der Waals surface area contributed by atoms with Crippen molar-refractivity contribution in [1.82, 2.24) is 5.32 Å². The second kappa shape index (κ2) is 7.89. The third kappa shape index (κ3) is 3.72. The SMILES string of the molecule is COc1c(F)c(F)c(C(=O)NC(=S)Nc2sc(C)c(C)c2C#N)c(F)c1F. The molecule has 0 fully saturated rings. The van der Waals surface area contributed by atoms with Crippen LogP contribution in [-0.4, -0.2) is 18.1 Å². The maximum absolute atomic E-state index is 14.0. The number of hydrogen-bond donors (Lipinski definition) is 2. The topological polar surface area (TPSA) is 74.2 Å². The second-order valence-electron chi connectivity index (χ2n) is 5.17. The van der Waals surface area contributed by atoms with Crippen molar-refractivity contribution < 1.29 is 27.1 Å². The highest BCUT2D eigenvalue weighted by molar-refractivity contribution is 7.80. The largest absolute Gasteiger partial charge is 0.491 e. The van der Waals surface area contributed by atoms with Crippen LogP contribution in [0.3, 0.4) is 0 Å². The van der Waals surface area contributed by atoms with Crippen LogP contribution in [-0.2, 0) is 0 Å². The Morgan fingerprint density at radius 1 is 1.15 bits per heavy atom. The molecule has 0 saturated carbocycles. The van der Waals surface area contributed by atoms with Gasteiger partial charge in [-0.05, 0) is 31.6 Å². The molecule has 1 aromatic carbocycles. The molecule has 5 nitrogen and oxygen atoms in total. The number of nitrogens with one attached hydrogen (secondary N) is 2. The molecule has 2 N–H and O–H groups in total. The number of ether oxygens (including phenoxy) is 1. The summed E-state index contributed by atoms with van der Waals surface area (Å²) in [6.07, 6.45) is 0. The monoisotopic (exact) mass is 417 g/mol. The summed E-state index contributed by atoms with van der Waals surface area (Å²) in [6.45, 7) is 3.48. The fourth-order valence-electron chi connectivity index (χ4n) is 2.14. The summed E-state index contributed by atoms with van der Waals surface area (Å²) in [4.78, 5) is 12.9. The van der Waals surface area contributed by atoms with Crippen LogP contribution in [0.25, 0.3) is 0 Å². The molecule has 0 saturated heterocycles. The predicted octanol–water partition coefficient (Wildman–Crippen LogP) is 3.93. The Bertz CT molecular complexity index is 970. The van der Waals surface area contributed by atoms with Gasteiger partial charge in [0.05, 0.1) is 12.7 Å². The molecule has 0 aliphatic carbocycles. The average molecular weight is 417 g/mol. The molecular weight excluding hydrogens is 406 g/mol. The second-order valence-corrected chi connectivity index (χ2v) is 6.80. The third-order valence-electron chi connectivity index (χ3n) is 3.61. The quantitative estimate of drug-likeness (QED) is 0.450. The first-order chi connectivity index (χ1) is 12.6. The van der Waals surface area contributed by atoms with Crippen LogP contribution < -0.4 is 15.4 Å². The minimum absolute atomic E-state index is 0.285. The van der Waals surface area contributed by atoms with Gasteiger partial charge in [0.1, 0.15) is 16.6 Å². The molecular formula is C16H11F4N3O2S2. The van der Waals surface area contributed by atoms with Gasteiger partial charge in [-0.25, -0.2) is 8.78 Å². The van der Waals surface area contributed by atoms with Crippen LogP contribution in [0.15, 0.2) is 0 Å². The smallest absolute Gasteiger partial charge is 0.263 e. The van der Waals surface area contributed by atoms with Gasteiger partial charge in [0.25, 0.3) is 5.91 Å². The van der Waals surface area contributed by atoms with E-state index in [4.69, 9.17) is 17.5 Å². The lowest BCUT2D eigenvalue weighted by atomic mass is 10.1. The Kier molecular flexibility index (Phi) is 6.02. The minimum atomic E-state index is -1.92. The van der Waals surface area contributed by atoms with Crippen molar-refractivity contribution in [1.29, 1.82) is 5.26 Å². The molecule has 0 spiro atoms. The normalized spacial score (nSPS) is 10.3. The molecule has 0 radical (unpaired) electrons. The summed E-state index contributed by atoms with van der Waals surface area (Å²) in [5.41, 5.74) is -0.502. The van der Waals surface area contributed by atoms with Crippen molar-refractivity contribution >= 4 is 39.6 Å². The maximum atomic E-state index is 14.0. The Labute approximate surface area is 160 Å². The van der Waals surface area contributed by atoms with E-state index < -0.39 is 45.6 Å². The molecule has 27 heavy (non-hydrogen) atoms. The van der Waals surface area contributed by atoms with Crippen molar-refractivity contribution in [2.75, 3.05) is 12.4 Å². The van der Waals surface area contributed by atoms with Crippen LogP contribution in [0.1, 0.15) is 26.4 Å². The zero-order valence-corrected chi connectivity index (χ0v) is 15.7. The van der Waals surface area contributed by atoms with Crippen LogP contribution in [0.5, 0.6) is 5.75 Å². The molecule has 1 aromatic heterocycles. The molecule has 0 aliphatic heterocycles. The average Bonchev–Trinajstić information content (AvgIpc) is 2.86. The molecule has 0 bridgehead atoms. The van der Waals surface area contributed by atoms with Gasteiger partial charge in [-0.3, -0.25) is 10.1 Å². The molecule has 2 rings (SSSR count). The zero-order valence-electron chi connectivity index (χ0n) is 14.1. The van der Waals surface area contributed by atoms with Gasteiger partial charge in [0.15, 0.2) is 22.5 Å². The summed E-state index contributed by atoms with van der Waals surface area (Å²) in [5, 5.41) is 13.5. The van der Waals surface area contributed by atoms with Gasteiger partial charge < -0.3 is 10.1 Å². The summed E-state index contributed by atoms with van der Waals surface area (Å²) >= 11 is 6.05. The lowest BCUT2D eigenvalue weighted by Gasteiger charge is -2.12. The Hall–Kier alpha value is -2.71. The molecule has 142 valence electrons. The van der Waals surface area contributed by atoms with E-state index in [0.29, 0.717) is 10.6 Å². The lowest BCUT2D eigenvalue weighted by Crippen LogP contribution is -2.35. The van der Waals surface area contributed by atoms with Crippen molar-refractivity contribution in [2.45, 2.75) is 13.8 Å². The van der Waals surface area contributed by atoms with Crippen LogP contribution in [0, 0.1) is 48.4 Å². The highest BCUT2D eigenvalue weighted by Gasteiger charge is 2.30. The number of anilines is 1. The first kappa shape index (κ1) is 20.6. The van der Waals surface area contributed by atoms with E-state index in [1.54, 1.807) is 13.8 Å². The molecule has 1 amide bonds. The Morgan fingerprint density at radius 3 is 2.19 bits per heavy atom. The zero-order chi connectivity index (χ0) is 20.5. The van der Waals surface area contributed by atoms with Crippen LogP contribution in [0.2, 0.25) is 0 Å². The number of nitriles is 1. The van der Waals surface area contributed by atoms with Crippen molar-refractivity contribution in [2.24, 2.45) is 0 Å². The predicted molar refractivity (Wildman–Crippen MR) is 95.0 cm³/mol. The number of thiocarbonyl (C=S) groups is 1. The molecule has 0 aliphatic rings. The Balaban J connectivity index is 2.30.